The molecule has 0 spiro atoms. The number of aromatic nitrogens is 2. The highest BCUT2D eigenvalue weighted by molar-refractivity contribution is 7.99. The van der Waals surface area contributed by atoms with Gasteiger partial charge in [0.15, 0.2) is 17.3 Å². The number of fused-ring (bicyclic) bond motifs is 1. The third-order valence-corrected chi connectivity index (χ3v) is 5.82. The Hall–Kier alpha value is -2.80. The number of nitrogens with zero attached hydrogens (tertiary/aromatic N) is 2. The number of thioether (sulfide) groups is 1. The van der Waals surface area contributed by atoms with Crippen LogP contribution in [0.5, 0.6) is 11.5 Å². The first-order valence-electron chi connectivity index (χ1n) is 8.91. The molecular weight excluding hydrogens is 376 g/mol. The standard InChI is InChI=1S/C21H20N2O4S/c1-11-7-12(2)14(4)19(13(11)3)16(24)9-28-21-23-22-20(27-21)15-5-6-17-18(8-15)26-10-25-17/h5-8H,9-10H2,1-4H3. The van der Waals surface area contributed by atoms with Crippen LogP contribution >= 0.6 is 11.8 Å². The van der Waals surface area contributed by atoms with E-state index in [1.807, 2.05) is 39.8 Å². The van der Waals surface area contributed by atoms with Crippen molar-refractivity contribution < 1.29 is 18.7 Å². The van der Waals surface area contributed by atoms with E-state index in [-0.39, 0.29) is 18.3 Å². The molecule has 4 rings (SSSR count). The fourth-order valence-corrected chi connectivity index (χ4v) is 3.88. The molecule has 0 bridgehead atoms. The van der Waals surface area contributed by atoms with Gasteiger partial charge in [-0.15, -0.1) is 10.2 Å². The second-order valence-electron chi connectivity index (χ2n) is 6.79. The van der Waals surface area contributed by atoms with E-state index in [0.717, 1.165) is 33.4 Å². The highest BCUT2D eigenvalue weighted by Crippen LogP contribution is 2.36. The van der Waals surface area contributed by atoms with Gasteiger partial charge in [0, 0.05) is 11.1 Å². The lowest BCUT2D eigenvalue weighted by Gasteiger charge is -2.13. The van der Waals surface area contributed by atoms with Crippen LogP contribution in [0.1, 0.15) is 32.6 Å². The smallest absolute Gasteiger partial charge is 0.277 e. The lowest BCUT2D eigenvalue weighted by molar-refractivity contribution is 0.102. The van der Waals surface area contributed by atoms with Crippen LogP contribution in [0.2, 0.25) is 0 Å². The zero-order valence-electron chi connectivity index (χ0n) is 16.2. The zero-order chi connectivity index (χ0) is 19.8. The van der Waals surface area contributed by atoms with Gasteiger partial charge in [-0.25, -0.2) is 0 Å². The van der Waals surface area contributed by atoms with Crippen molar-refractivity contribution >= 4 is 17.5 Å². The van der Waals surface area contributed by atoms with Gasteiger partial charge in [0.2, 0.25) is 12.7 Å². The summed E-state index contributed by atoms with van der Waals surface area (Å²) in [5, 5.41) is 8.50. The molecular formula is C21H20N2O4S. The Morgan fingerprint density at radius 1 is 1.00 bits per heavy atom. The predicted molar refractivity (Wildman–Crippen MR) is 106 cm³/mol. The van der Waals surface area contributed by atoms with Gasteiger partial charge < -0.3 is 13.9 Å². The van der Waals surface area contributed by atoms with E-state index in [9.17, 15) is 4.79 Å². The molecule has 7 heteroatoms. The topological polar surface area (TPSA) is 74.5 Å². The maximum atomic E-state index is 12.8. The Bertz CT molecular complexity index is 1050. The number of rotatable bonds is 5. The first-order valence-corrected chi connectivity index (χ1v) is 9.89. The van der Waals surface area contributed by atoms with Gasteiger partial charge in [0.05, 0.1) is 5.75 Å². The summed E-state index contributed by atoms with van der Waals surface area (Å²) in [4.78, 5) is 12.8. The quantitative estimate of drug-likeness (QED) is 0.458. The fourth-order valence-electron chi connectivity index (χ4n) is 3.25. The van der Waals surface area contributed by atoms with Crippen LogP contribution in [0.15, 0.2) is 33.9 Å². The molecule has 0 N–H and O–H groups in total. The maximum Gasteiger partial charge on any atom is 0.277 e. The average molecular weight is 396 g/mol. The summed E-state index contributed by atoms with van der Waals surface area (Å²) >= 11 is 1.25. The Labute approximate surface area is 167 Å². The van der Waals surface area contributed by atoms with E-state index in [2.05, 4.69) is 16.3 Å². The summed E-state index contributed by atoms with van der Waals surface area (Å²) in [6.07, 6.45) is 0. The largest absolute Gasteiger partial charge is 0.454 e. The lowest BCUT2D eigenvalue weighted by Crippen LogP contribution is -2.10. The highest BCUT2D eigenvalue weighted by Gasteiger charge is 2.19. The molecule has 3 aromatic rings. The molecule has 0 radical (unpaired) electrons. The van der Waals surface area contributed by atoms with Crippen LogP contribution in [0.3, 0.4) is 0 Å². The number of hydrogen-bond acceptors (Lipinski definition) is 7. The molecule has 6 nitrogen and oxygen atoms in total. The van der Waals surface area contributed by atoms with Gasteiger partial charge >= 0.3 is 0 Å². The summed E-state index contributed by atoms with van der Waals surface area (Å²) in [5.74, 6) is 2.04. The average Bonchev–Trinajstić information content (AvgIpc) is 3.33. The maximum absolute atomic E-state index is 12.8. The molecule has 0 aliphatic carbocycles. The van der Waals surface area contributed by atoms with Crippen LogP contribution in [0.4, 0.5) is 0 Å². The molecule has 0 saturated carbocycles. The number of aryl methyl sites for hydroxylation is 2. The minimum Gasteiger partial charge on any atom is -0.454 e. The van der Waals surface area contributed by atoms with Crippen LogP contribution in [0.25, 0.3) is 11.5 Å². The van der Waals surface area contributed by atoms with Crippen molar-refractivity contribution in [2.75, 3.05) is 12.5 Å². The predicted octanol–water partition coefficient (Wildman–Crippen LogP) is 4.67. The van der Waals surface area contributed by atoms with E-state index in [1.165, 1.54) is 11.8 Å². The first kappa shape index (κ1) is 18.6. The van der Waals surface area contributed by atoms with E-state index in [0.29, 0.717) is 22.6 Å². The molecule has 28 heavy (non-hydrogen) atoms. The fraction of sp³-hybridized carbons (Fsp3) is 0.286. The van der Waals surface area contributed by atoms with Crippen molar-refractivity contribution in [3.05, 3.63) is 52.1 Å². The zero-order valence-corrected chi connectivity index (χ0v) is 17.0. The summed E-state index contributed by atoms with van der Waals surface area (Å²) in [5.41, 5.74) is 5.84. The van der Waals surface area contributed by atoms with E-state index in [1.54, 1.807) is 6.07 Å². The van der Waals surface area contributed by atoms with Crippen molar-refractivity contribution in [2.45, 2.75) is 32.9 Å². The molecule has 0 amide bonds. The molecule has 0 unspecified atom stereocenters. The molecule has 0 atom stereocenters. The Morgan fingerprint density at radius 3 is 2.46 bits per heavy atom. The Balaban J connectivity index is 1.49. The van der Waals surface area contributed by atoms with E-state index in [4.69, 9.17) is 13.9 Å². The minimum atomic E-state index is 0.0645. The number of hydrogen-bond donors (Lipinski definition) is 0. The lowest BCUT2D eigenvalue weighted by atomic mass is 9.92. The van der Waals surface area contributed by atoms with Gasteiger partial charge in [-0.2, -0.15) is 0 Å². The minimum absolute atomic E-state index is 0.0645. The Morgan fingerprint density at radius 2 is 1.71 bits per heavy atom. The number of ketones is 1. The molecule has 0 saturated heterocycles. The summed E-state index contributed by atoms with van der Waals surface area (Å²) in [6.45, 7) is 8.25. The molecule has 0 fully saturated rings. The van der Waals surface area contributed by atoms with Gasteiger partial charge in [-0.3, -0.25) is 4.79 Å². The molecule has 2 aromatic carbocycles. The number of ether oxygens (including phenoxy) is 2. The first-order chi connectivity index (χ1) is 13.4. The highest BCUT2D eigenvalue weighted by atomic mass is 32.2. The summed E-state index contributed by atoms with van der Waals surface area (Å²) in [6, 6.07) is 7.56. The van der Waals surface area contributed by atoms with Crippen LogP contribution in [-0.2, 0) is 0 Å². The Kier molecular flexibility index (Phi) is 4.85. The number of Topliss-reactive ketones (excluding diaryl/α,β-unsaturated/α-hetero) is 1. The van der Waals surface area contributed by atoms with Gasteiger partial charge in [0.25, 0.3) is 5.22 Å². The van der Waals surface area contributed by atoms with E-state index < -0.39 is 0 Å². The second kappa shape index (κ2) is 7.31. The van der Waals surface area contributed by atoms with Gasteiger partial charge in [-0.1, -0.05) is 17.8 Å². The SMILES string of the molecule is Cc1cc(C)c(C)c(C(=O)CSc2nnc(-c3ccc4c(c3)OCO4)o2)c1C. The molecule has 1 aliphatic rings. The third kappa shape index (κ3) is 3.38. The molecule has 2 heterocycles. The van der Waals surface area contributed by atoms with Crippen molar-refractivity contribution in [1.29, 1.82) is 0 Å². The normalized spacial score (nSPS) is 12.4. The van der Waals surface area contributed by atoms with Gasteiger partial charge in [0.1, 0.15) is 0 Å². The number of benzene rings is 2. The number of carbonyl (C=O) groups is 1. The van der Waals surface area contributed by atoms with Crippen LogP contribution in [0, 0.1) is 27.7 Å². The molecule has 144 valence electrons. The van der Waals surface area contributed by atoms with Crippen molar-refractivity contribution in [3.8, 4) is 23.0 Å². The summed E-state index contributed by atoms with van der Waals surface area (Å²) < 4.78 is 16.4. The molecule has 1 aliphatic heterocycles. The second-order valence-corrected chi connectivity index (χ2v) is 7.71. The third-order valence-electron chi connectivity index (χ3n) is 5.00. The monoisotopic (exact) mass is 396 g/mol. The van der Waals surface area contributed by atoms with Crippen LogP contribution < -0.4 is 9.47 Å². The summed E-state index contributed by atoms with van der Waals surface area (Å²) in [7, 11) is 0. The van der Waals surface area contributed by atoms with Gasteiger partial charge in [-0.05, 0) is 68.1 Å². The molecule has 1 aromatic heterocycles. The van der Waals surface area contributed by atoms with Crippen molar-refractivity contribution in [3.63, 3.8) is 0 Å². The van der Waals surface area contributed by atoms with Crippen molar-refractivity contribution in [1.82, 2.24) is 10.2 Å². The van der Waals surface area contributed by atoms with Crippen molar-refractivity contribution in [2.24, 2.45) is 0 Å². The van der Waals surface area contributed by atoms with E-state index >= 15 is 0 Å². The van der Waals surface area contributed by atoms with Crippen LogP contribution in [-0.4, -0.2) is 28.5 Å². The number of carbonyl (C=O) groups excluding carboxylic acids is 1.